The molecule has 0 saturated heterocycles. The lowest BCUT2D eigenvalue weighted by Gasteiger charge is -2.16. The number of rotatable bonds is 9. The molecule has 1 amide bonds. The third kappa shape index (κ3) is 4.92. The molecule has 0 aliphatic rings. The number of thiophene rings is 1. The lowest BCUT2D eigenvalue weighted by Crippen LogP contribution is -2.29. The number of aliphatic hydroxyl groups is 1. The lowest BCUT2D eigenvalue weighted by molar-refractivity contribution is 0.0904. The number of hydrogen-bond donors (Lipinski definition) is 3. The highest BCUT2D eigenvalue weighted by Gasteiger charge is 2.32. The van der Waals surface area contributed by atoms with Crippen LogP contribution in [0.15, 0.2) is 45.7 Å². The second kappa shape index (κ2) is 10.1. The van der Waals surface area contributed by atoms with Crippen LogP contribution in [0.4, 0.5) is 11.6 Å². The molecule has 9 nitrogen and oxygen atoms in total. The zero-order chi connectivity index (χ0) is 25.2. The topological polar surface area (TPSA) is 139 Å². The summed E-state index contributed by atoms with van der Waals surface area (Å²) in [7, 11) is -4.16. The Labute approximate surface area is 205 Å². The number of carbonyl (C=O) groups excluding carboxylic acids is 2. The molecule has 0 bridgehead atoms. The predicted molar refractivity (Wildman–Crippen MR) is 131 cm³/mol. The van der Waals surface area contributed by atoms with Crippen LogP contribution in [0.25, 0.3) is 0 Å². The SMILES string of the molecule is C=CC(Nc1onc(C)c1Cl)S(=O)(=O)c1ccsc1C(=O)Nc1cc(C)cc(C)c1C(=O)CO. The van der Waals surface area contributed by atoms with Gasteiger partial charge in [-0.05, 0) is 49.4 Å². The summed E-state index contributed by atoms with van der Waals surface area (Å²) in [4.78, 5) is 25.0. The number of hydrogen-bond acceptors (Lipinski definition) is 9. The number of amides is 1. The zero-order valence-corrected chi connectivity index (χ0v) is 20.9. The number of sulfone groups is 1. The summed E-state index contributed by atoms with van der Waals surface area (Å²) in [5.74, 6) is -1.33. The van der Waals surface area contributed by atoms with Gasteiger partial charge in [-0.2, -0.15) is 0 Å². The Morgan fingerprint density at radius 1 is 1.32 bits per heavy atom. The molecule has 2 heterocycles. The molecule has 3 N–H and O–H groups in total. The highest BCUT2D eigenvalue weighted by atomic mass is 35.5. The van der Waals surface area contributed by atoms with Crippen LogP contribution in [0.3, 0.4) is 0 Å². The molecule has 0 aliphatic carbocycles. The minimum Gasteiger partial charge on any atom is -0.388 e. The molecule has 12 heteroatoms. The van der Waals surface area contributed by atoms with E-state index >= 15 is 0 Å². The number of aliphatic hydroxyl groups excluding tert-OH is 1. The molecular weight excluding hydrogens is 502 g/mol. The first-order valence-corrected chi connectivity index (χ1v) is 12.7. The molecule has 0 fully saturated rings. The van der Waals surface area contributed by atoms with Gasteiger partial charge in [0.15, 0.2) is 11.2 Å². The smallest absolute Gasteiger partial charge is 0.267 e. The van der Waals surface area contributed by atoms with Crippen molar-refractivity contribution in [3.8, 4) is 0 Å². The first kappa shape index (κ1) is 25.6. The first-order valence-electron chi connectivity index (χ1n) is 9.90. The van der Waals surface area contributed by atoms with Gasteiger partial charge in [0.25, 0.3) is 5.91 Å². The number of ketones is 1. The standard InChI is InChI=1S/C22H22ClN3O6S2/c1-5-17(25-22-19(23)13(4)26-32-22)34(30,31)16-6-7-33-20(16)21(29)24-14-9-11(2)8-12(3)18(14)15(28)10-27/h5-9,17,25,27H,1,10H2,2-4H3,(H,24,29). The fourth-order valence-corrected chi connectivity index (χ4v) is 6.14. The molecule has 0 aliphatic heterocycles. The second-order valence-corrected chi connectivity index (χ2v) is 10.7. The highest BCUT2D eigenvalue weighted by Crippen LogP contribution is 2.31. The van der Waals surface area contributed by atoms with E-state index < -0.39 is 33.5 Å². The molecule has 3 aromatic rings. The van der Waals surface area contributed by atoms with Crippen LogP contribution < -0.4 is 10.6 Å². The normalized spacial score (nSPS) is 12.3. The van der Waals surface area contributed by atoms with Gasteiger partial charge in [-0.1, -0.05) is 35.5 Å². The van der Waals surface area contributed by atoms with Gasteiger partial charge in [0.1, 0.15) is 22.2 Å². The summed E-state index contributed by atoms with van der Waals surface area (Å²) in [5.41, 5.74) is 2.06. The van der Waals surface area contributed by atoms with E-state index in [1.807, 2.05) is 0 Å². The van der Waals surface area contributed by atoms with Crippen LogP contribution in [0.5, 0.6) is 0 Å². The molecule has 0 spiro atoms. The average Bonchev–Trinajstić information content (AvgIpc) is 3.39. The van der Waals surface area contributed by atoms with Gasteiger partial charge in [-0.25, -0.2) is 8.42 Å². The quantitative estimate of drug-likeness (QED) is 0.281. The Morgan fingerprint density at radius 2 is 2.03 bits per heavy atom. The van der Waals surface area contributed by atoms with Crippen molar-refractivity contribution in [1.29, 1.82) is 0 Å². The lowest BCUT2D eigenvalue weighted by atomic mass is 9.99. The fourth-order valence-electron chi connectivity index (χ4n) is 3.36. The highest BCUT2D eigenvalue weighted by molar-refractivity contribution is 7.92. The van der Waals surface area contributed by atoms with Crippen LogP contribution in [0.2, 0.25) is 5.02 Å². The van der Waals surface area contributed by atoms with Crippen molar-refractivity contribution in [3.63, 3.8) is 0 Å². The van der Waals surface area contributed by atoms with Gasteiger partial charge in [0.05, 0.1) is 10.6 Å². The number of Topliss-reactive ketones (excluding diaryl/α,β-unsaturated/α-hetero) is 1. The van der Waals surface area contributed by atoms with E-state index in [4.69, 9.17) is 16.1 Å². The Morgan fingerprint density at radius 3 is 2.62 bits per heavy atom. The van der Waals surface area contributed by atoms with Gasteiger partial charge >= 0.3 is 0 Å². The summed E-state index contributed by atoms with van der Waals surface area (Å²) in [6, 6.07) is 4.63. The number of aromatic nitrogens is 1. The van der Waals surface area contributed by atoms with Crippen LogP contribution in [0, 0.1) is 20.8 Å². The predicted octanol–water partition coefficient (Wildman–Crippen LogP) is 4.14. The van der Waals surface area contributed by atoms with Gasteiger partial charge in [0, 0.05) is 5.56 Å². The van der Waals surface area contributed by atoms with Crippen molar-refractivity contribution >= 4 is 56.0 Å². The van der Waals surface area contributed by atoms with Gasteiger partial charge in [-0.15, -0.1) is 11.3 Å². The number of benzene rings is 1. The molecule has 1 aromatic carbocycles. The van der Waals surface area contributed by atoms with E-state index in [1.165, 1.54) is 11.4 Å². The Hall–Kier alpha value is -2.99. The molecule has 0 saturated carbocycles. The first-order chi connectivity index (χ1) is 16.0. The van der Waals surface area contributed by atoms with Crippen molar-refractivity contribution in [2.24, 2.45) is 0 Å². The summed E-state index contributed by atoms with van der Waals surface area (Å²) in [6.45, 7) is 7.90. The van der Waals surface area contributed by atoms with Crippen molar-refractivity contribution in [1.82, 2.24) is 5.16 Å². The number of aryl methyl sites for hydroxylation is 3. The Bertz CT molecular complexity index is 1380. The maximum atomic E-state index is 13.4. The molecule has 1 unspecified atom stereocenters. The van der Waals surface area contributed by atoms with Crippen molar-refractivity contribution in [3.05, 3.63) is 68.5 Å². The number of halogens is 1. The van der Waals surface area contributed by atoms with Crippen molar-refractivity contribution < 1.29 is 27.6 Å². The fraction of sp³-hybridized carbons (Fsp3) is 0.227. The van der Waals surface area contributed by atoms with Gasteiger partial charge in [0.2, 0.25) is 15.7 Å². The van der Waals surface area contributed by atoms with Crippen LogP contribution in [-0.2, 0) is 9.84 Å². The van der Waals surface area contributed by atoms with E-state index in [2.05, 4.69) is 22.4 Å². The number of carbonyl (C=O) groups is 2. The van der Waals surface area contributed by atoms with Gasteiger partial charge < -0.3 is 20.3 Å². The largest absolute Gasteiger partial charge is 0.388 e. The molecule has 34 heavy (non-hydrogen) atoms. The van der Waals surface area contributed by atoms with E-state index in [1.54, 1.807) is 32.9 Å². The van der Waals surface area contributed by atoms with Crippen molar-refractivity contribution in [2.75, 3.05) is 17.2 Å². The van der Waals surface area contributed by atoms with Crippen LogP contribution in [-0.4, -0.2) is 42.4 Å². The van der Waals surface area contributed by atoms with Gasteiger partial charge in [-0.3, -0.25) is 9.59 Å². The monoisotopic (exact) mass is 523 g/mol. The Balaban J connectivity index is 1.96. The summed E-state index contributed by atoms with van der Waals surface area (Å²) >= 11 is 7.00. The zero-order valence-electron chi connectivity index (χ0n) is 18.5. The molecule has 180 valence electrons. The molecule has 3 rings (SSSR count). The minimum absolute atomic E-state index is 0.0451. The molecule has 0 radical (unpaired) electrons. The molecule has 1 atom stereocenters. The van der Waals surface area contributed by atoms with E-state index in [0.717, 1.165) is 23.0 Å². The summed E-state index contributed by atoms with van der Waals surface area (Å²) in [6.07, 6.45) is 1.14. The van der Waals surface area contributed by atoms with E-state index in [9.17, 15) is 23.1 Å². The average molecular weight is 524 g/mol. The van der Waals surface area contributed by atoms with Crippen LogP contribution >= 0.6 is 22.9 Å². The number of anilines is 2. The molecular formula is C22H22ClN3O6S2. The maximum Gasteiger partial charge on any atom is 0.267 e. The third-order valence-corrected chi connectivity index (χ3v) is 8.32. The third-order valence-electron chi connectivity index (χ3n) is 4.90. The van der Waals surface area contributed by atoms with Crippen molar-refractivity contribution in [2.45, 2.75) is 31.0 Å². The number of nitrogens with zero attached hydrogens (tertiary/aromatic N) is 1. The molecule has 2 aromatic heterocycles. The minimum atomic E-state index is -4.16. The number of nitrogens with one attached hydrogen (secondary N) is 2. The second-order valence-electron chi connectivity index (χ2n) is 7.41. The summed E-state index contributed by atoms with van der Waals surface area (Å²) in [5, 5.41) is 18.5. The van der Waals surface area contributed by atoms with E-state index in [0.29, 0.717) is 11.3 Å². The Kier molecular flexibility index (Phi) is 7.61. The maximum absolute atomic E-state index is 13.4. The summed E-state index contributed by atoms with van der Waals surface area (Å²) < 4.78 is 31.7. The van der Waals surface area contributed by atoms with E-state index in [-0.39, 0.29) is 31.9 Å². The van der Waals surface area contributed by atoms with Crippen LogP contribution in [0.1, 0.15) is 36.9 Å².